The lowest BCUT2D eigenvalue weighted by Gasteiger charge is -2.14. The van der Waals surface area contributed by atoms with Gasteiger partial charge in [-0.25, -0.2) is 13.1 Å². The van der Waals surface area contributed by atoms with E-state index in [0.717, 1.165) is 11.6 Å². The summed E-state index contributed by atoms with van der Waals surface area (Å²) in [4.78, 5) is 3.88. The molecule has 33 heavy (non-hydrogen) atoms. The third-order valence-corrected chi connectivity index (χ3v) is 5.94. The maximum absolute atomic E-state index is 12.6. The molecule has 0 atom stereocenters. The monoisotopic (exact) mass is 496 g/mol. The van der Waals surface area contributed by atoms with Gasteiger partial charge < -0.3 is 15.4 Å². The van der Waals surface area contributed by atoms with Crippen LogP contribution in [0.3, 0.4) is 0 Å². The Balaban J connectivity index is 1.58. The molecule has 2 aromatic carbocycles. The largest absolute Gasteiger partial charge is 0.573 e. The number of anilines is 1. The highest BCUT2D eigenvalue weighted by molar-refractivity contribution is 7.89. The molecule has 0 saturated heterocycles. The lowest BCUT2D eigenvalue weighted by atomic mass is 10.2. The zero-order valence-corrected chi connectivity index (χ0v) is 18.6. The van der Waals surface area contributed by atoms with Crippen molar-refractivity contribution in [1.82, 2.24) is 15.0 Å². The smallest absolute Gasteiger partial charge is 0.405 e. The van der Waals surface area contributed by atoms with Crippen LogP contribution >= 0.6 is 12.2 Å². The fourth-order valence-electron chi connectivity index (χ4n) is 2.71. The van der Waals surface area contributed by atoms with Crippen LogP contribution in [-0.4, -0.2) is 24.9 Å². The van der Waals surface area contributed by atoms with Crippen molar-refractivity contribution in [2.45, 2.75) is 24.3 Å². The number of sulfonamides is 1. The average molecular weight is 497 g/mol. The lowest BCUT2D eigenvalue weighted by Crippen LogP contribution is -2.28. The predicted molar refractivity (Wildman–Crippen MR) is 121 cm³/mol. The number of ether oxygens (including phenoxy) is 1. The Bertz CT molecular complexity index is 1190. The summed E-state index contributed by atoms with van der Waals surface area (Å²) in [7, 11) is -3.98. The van der Waals surface area contributed by atoms with Gasteiger partial charge in [-0.05, 0) is 60.2 Å². The molecule has 12 heteroatoms. The lowest BCUT2D eigenvalue weighted by molar-refractivity contribution is -0.274. The second-order valence-corrected chi connectivity index (χ2v) is 8.84. The molecule has 1 aromatic heterocycles. The van der Waals surface area contributed by atoms with Gasteiger partial charge >= 0.3 is 6.36 Å². The number of thiocarbonyl (C=S) groups is 1. The van der Waals surface area contributed by atoms with Crippen molar-refractivity contribution in [3.63, 3.8) is 0 Å². The van der Waals surface area contributed by atoms with Gasteiger partial charge in [0.05, 0.1) is 4.90 Å². The molecule has 0 radical (unpaired) electrons. The van der Waals surface area contributed by atoms with E-state index in [0.29, 0.717) is 17.3 Å². The first-order valence-corrected chi connectivity index (χ1v) is 11.4. The average Bonchev–Trinajstić information content (AvgIpc) is 2.77. The predicted octanol–water partition coefficient (Wildman–Crippen LogP) is 3.95. The van der Waals surface area contributed by atoms with Crippen LogP contribution < -0.4 is 20.1 Å². The number of benzene rings is 2. The summed E-state index contributed by atoms with van der Waals surface area (Å²) in [5, 5.41) is 6.32. The van der Waals surface area contributed by atoms with E-state index in [4.69, 9.17) is 12.2 Å². The Hall–Kier alpha value is -3.22. The quantitative estimate of drug-likeness (QED) is 0.407. The Morgan fingerprint density at radius 3 is 2.30 bits per heavy atom. The first kappa shape index (κ1) is 24.4. The van der Waals surface area contributed by atoms with Crippen molar-refractivity contribution >= 4 is 33.0 Å². The normalized spacial score (nSPS) is 11.6. The first-order chi connectivity index (χ1) is 15.6. The molecule has 7 nitrogen and oxygen atoms in total. The summed E-state index contributed by atoms with van der Waals surface area (Å²) < 4.78 is 69.0. The number of rotatable bonds is 8. The molecule has 1 heterocycles. The molecule has 0 aliphatic carbocycles. The molecule has 0 unspecified atom stereocenters. The van der Waals surface area contributed by atoms with E-state index in [2.05, 4.69) is 25.1 Å². The van der Waals surface area contributed by atoms with E-state index >= 15 is 0 Å². The number of nitrogens with zero attached hydrogens (tertiary/aromatic N) is 1. The molecule has 3 rings (SSSR count). The van der Waals surface area contributed by atoms with E-state index in [-0.39, 0.29) is 17.0 Å². The van der Waals surface area contributed by atoms with Gasteiger partial charge in [0, 0.05) is 36.7 Å². The van der Waals surface area contributed by atoms with Crippen molar-refractivity contribution in [2.75, 3.05) is 5.32 Å². The summed E-state index contributed by atoms with van der Waals surface area (Å²) in [5.74, 6) is -0.472. The van der Waals surface area contributed by atoms with Crippen LogP contribution in [0.2, 0.25) is 0 Å². The second kappa shape index (κ2) is 10.6. The topological polar surface area (TPSA) is 92.4 Å². The number of alkyl halides is 3. The standard InChI is InChI=1S/C21H19F3N4O3S2/c22-21(23,24)31-19-4-2-1-3-16(19)14-27-33(29,30)18-7-5-17(6-8-18)28-20(32)26-13-15-9-11-25-12-10-15/h1-12,27H,13-14H2,(H2,26,28,32). The first-order valence-electron chi connectivity index (χ1n) is 9.49. The molecular formula is C21H19F3N4O3S2. The van der Waals surface area contributed by atoms with Crippen LogP contribution in [0.5, 0.6) is 5.75 Å². The van der Waals surface area contributed by atoms with Crippen molar-refractivity contribution < 1.29 is 26.3 Å². The minimum absolute atomic E-state index is 0.0438. The summed E-state index contributed by atoms with van der Waals surface area (Å²) in [5.41, 5.74) is 1.59. The number of para-hydroxylation sites is 1. The molecule has 0 aliphatic heterocycles. The zero-order chi connectivity index (χ0) is 23.9. The second-order valence-electron chi connectivity index (χ2n) is 6.67. The molecule has 0 bridgehead atoms. The van der Waals surface area contributed by atoms with Gasteiger partial charge in [0.1, 0.15) is 5.75 Å². The number of halogens is 3. The molecule has 0 aliphatic rings. The molecule has 174 valence electrons. The number of nitrogens with one attached hydrogen (secondary N) is 3. The van der Waals surface area contributed by atoms with Gasteiger partial charge in [0.25, 0.3) is 0 Å². The van der Waals surface area contributed by atoms with Gasteiger partial charge in [-0.2, -0.15) is 0 Å². The summed E-state index contributed by atoms with van der Waals surface area (Å²) >= 11 is 5.23. The Kier molecular flexibility index (Phi) is 7.84. The van der Waals surface area contributed by atoms with E-state index in [1.54, 1.807) is 12.4 Å². The van der Waals surface area contributed by atoms with E-state index < -0.39 is 22.1 Å². The van der Waals surface area contributed by atoms with Gasteiger partial charge in [-0.1, -0.05) is 18.2 Å². The Morgan fingerprint density at radius 1 is 0.970 bits per heavy atom. The molecule has 0 amide bonds. The van der Waals surface area contributed by atoms with Gasteiger partial charge in [-0.15, -0.1) is 13.2 Å². The van der Waals surface area contributed by atoms with Crippen LogP contribution in [-0.2, 0) is 23.1 Å². The third-order valence-electron chi connectivity index (χ3n) is 4.28. The maximum Gasteiger partial charge on any atom is 0.573 e. The Labute approximate surface area is 194 Å². The minimum atomic E-state index is -4.88. The number of hydrogen-bond acceptors (Lipinski definition) is 5. The highest BCUT2D eigenvalue weighted by atomic mass is 32.2. The van der Waals surface area contributed by atoms with Crippen LogP contribution in [0.4, 0.5) is 18.9 Å². The highest BCUT2D eigenvalue weighted by Gasteiger charge is 2.32. The maximum atomic E-state index is 12.6. The summed E-state index contributed by atoms with van der Waals surface area (Å²) in [6, 6.07) is 14.7. The Morgan fingerprint density at radius 2 is 1.64 bits per heavy atom. The van der Waals surface area contributed by atoms with E-state index in [1.165, 1.54) is 42.5 Å². The number of hydrogen-bond donors (Lipinski definition) is 3. The highest BCUT2D eigenvalue weighted by Crippen LogP contribution is 2.26. The summed E-state index contributed by atoms with van der Waals surface area (Å²) in [6.45, 7) is 0.113. The van der Waals surface area contributed by atoms with Crippen molar-refractivity contribution in [3.05, 3.63) is 84.2 Å². The molecule has 3 aromatic rings. The zero-order valence-electron chi connectivity index (χ0n) is 17.0. The number of pyridine rings is 1. The molecule has 0 spiro atoms. The van der Waals surface area contributed by atoms with Crippen LogP contribution in [0.15, 0.2) is 78.0 Å². The van der Waals surface area contributed by atoms with Crippen LogP contribution in [0.1, 0.15) is 11.1 Å². The van der Waals surface area contributed by atoms with Gasteiger partial charge in [0.15, 0.2) is 5.11 Å². The fourth-order valence-corrected chi connectivity index (χ4v) is 3.90. The van der Waals surface area contributed by atoms with Crippen LogP contribution in [0.25, 0.3) is 0 Å². The van der Waals surface area contributed by atoms with Crippen molar-refractivity contribution in [1.29, 1.82) is 0 Å². The number of aromatic nitrogens is 1. The SMILES string of the molecule is O=S(=O)(NCc1ccccc1OC(F)(F)F)c1ccc(NC(=S)NCc2ccncc2)cc1. The van der Waals surface area contributed by atoms with E-state index in [9.17, 15) is 21.6 Å². The minimum Gasteiger partial charge on any atom is -0.405 e. The van der Waals surface area contributed by atoms with Crippen molar-refractivity contribution in [2.24, 2.45) is 0 Å². The van der Waals surface area contributed by atoms with Crippen LogP contribution in [0, 0.1) is 0 Å². The van der Waals surface area contributed by atoms with Gasteiger partial charge in [0.2, 0.25) is 10.0 Å². The molecule has 3 N–H and O–H groups in total. The summed E-state index contributed by atoms with van der Waals surface area (Å²) in [6.07, 6.45) is -1.54. The molecule has 0 fully saturated rings. The van der Waals surface area contributed by atoms with Gasteiger partial charge in [-0.3, -0.25) is 4.98 Å². The van der Waals surface area contributed by atoms with Crippen molar-refractivity contribution in [3.8, 4) is 5.75 Å². The fraction of sp³-hybridized carbons (Fsp3) is 0.143. The third kappa shape index (κ3) is 7.70. The molecule has 0 saturated carbocycles. The molecular weight excluding hydrogens is 477 g/mol. The van der Waals surface area contributed by atoms with E-state index in [1.807, 2.05) is 12.1 Å².